The van der Waals surface area contributed by atoms with Gasteiger partial charge in [0.15, 0.2) is 0 Å². The Balaban J connectivity index is 3.00. The molecule has 1 rings (SSSR count). The van der Waals surface area contributed by atoms with Crippen molar-refractivity contribution in [3.05, 3.63) is 29.8 Å². The van der Waals surface area contributed by atoms with E-state index in [-0.39, 0.29) is 12.1 Å². The molecule has 0 aliphatic carbocycles. The van der Waals surface area contributed by atoms with Gasteiger partial charge in [-0.1, -0.05) is 26.0 Å². The van der Waals surface area contributed by atoms with E-state index in [1.807, 2.05) is 12.1 Å². The molecule has 0 aromatic heterocycles. The highest BCUT2D eigenvalue weighted by atomic mass is 16.5. The van der Waals surface area contributed by atoms with Gasteiger partial charge in [0, 0.05) is 25.0 Å². The molecular weight excluding hydrogens is 250 g/mol. The molecule has 2 atom stereocenters. The minimum Gasteiger partial charge on any atom is -0.497 e. The molecule has 0 aliphatic rings. The predicted octanol–water partition coefficient (Wildman–Crippen LogP) is 2.71. The smallest absolute Gasteiger partial charge is 0.118 e. The molecule has 0 spiro atoms. The van der Waals surface area contributed by atoms with E-state index < -0.39 is 0 Å². The Morgan fingerprint density at radius 3 is 2.40 bits per heavy atom. The summed E-state index contributed by atoms with van der Waals surface area (Å²) in [7, 11) is 1.66. The Morgan fingerprint density at radius 1 is 1.30 bits per heavy atom. The zero-order valence-corrected chi connectivity index (χ0v) is 12.7. The molecule has 0 fully saturated rings. The molecule has 0 bridgehead atoms. The SMILES string of the molecule is CCC(N)C(c1ccc(OC)cc1)N(CC)CCC#N. The molecule has 110 valence electrons. The van der Waals surface area contributed by atoms with Crippen LogP contribution in [0.5, 0.6) is 5.75 Å². The molecule has 2 N–H and O–H groups in total. The fourth-order valence-electron chi connectivity index (χ4n) is 2.44. The van der Waals surface area contributed by atoms with Crippen LogP contribution in [0.1, 0.15) is 38.3 Å². The second-order valence-electron chi connectivity index (χ2n) is 4.83. The van der Waals surface area contributed by atoms with Crippen LogP contribution in [-0.4, -0.2) is 31.1 Å². The minimum atomic E-state index is 0.0574. The van der Waals surface area contributed by atoms with Crippen LogP contribution in [0, 0.1) is 11.3 Å². The second kappa shape index (κ2) is 8.57. The topological polar surface area (TPSA) is 62.3 Å². The number of methoxy groups -OCH3 is 1. The second-order valence-corrected chi connectivity index (χ2v) is 4.83. The van der Waals surface area contributed by atoms with Crippen molar-refractivity contribution in [2.75, 3.05) is 20.2 Å². The summed E-state index contributed by atoms with van der Waals surface area (Å²) in [6, 6.07) is 10.5. The summed E-state index contributed by atoms with van der Waals surface area (Å²) in [6.45, 7) is 5.83. The first kappa shape index (κ1) is 16.5. The van der Waals surface area contributed by atoms with Crippen LogP contribution in [0.4, 0.5) is 0 Å². The number of nitriles is 1. The van der Waals surface area contributed by atoms with E-state index in [1.54, 1.807) is 7.11 Å². The van der Waals surface area contributed by atoms with E-state index in [4.69, 9.17) is 15.7 Å². The number of nitrogens with two attached hydrogens (primary N) is 1. The van der Waals surface area contributed by atoms with Crippen molar-refractivity contribution >= 4 is 0 Å². The van der Waals surface area contributed by atoms with E-state index in [2.05, 4.69) is 36.9 Å². The fourth-order valence-corrected chi connectivity index (χ4v) is 2.44. The van der Waals surface area contributed by atoms with Crippen molar-refractivity contribution < 1.29 is 4.74 Å². The van der Waals surface area contributed by atoms with Gasteiger partial charge in [-0.2, -0.15) is 5.26 Å². The predicted molar refractivity (Wildman–Crippen MR) is 81.5 cm³/mol. The van der Waals surface area contributed by atoms with Gasteiger partial charge < -0.3 is 10.5 Å². The summed E-state index contributed by atoms with van der Waals surface area (Å²) < 4.78 is 5.20. The van der Waals surface area contributed by atoms with Crippen LogP contribution in [0.15, 0.2) is 24.3 Å². The zero-order chi connectivity index (χ0) is 15.0. The van der Waals surface area contributed by atoms with Gasteiger partial charge in [0.25, 0.3) is 0 Å². The Labute approximate surface area is 122 Å². The number of hydrogen-bond acceptors (Lipinski definition) is 4. The molecular formula is C16H25N3O. The van der Waals surface area contributed by atoms with Crippen LogP contribution in [-0.2, 0) is 0 Å². The fraction of sp³-hybridized carbons (Fsp3) is 0.562. The first-order chi connectivity index (χ1) is 9.67. The van der Waals surface area contributed by atoms with Gasteiger partial charge in [-0.3, -0.25) is 4.90 Å². The van der Waals surface area contributed by atoms with Crippen molar-refractivity contribution in [1.29, 1.82) is 5.26 Å². The number of benzene rings is 1. The van der Waals surface area contributed by atoms with Crippen LogP contribution in [0.3, 0.4) is 0 Å². The maximum atomic E-state index is 8.80. The van der Waals surface area contributed by atoms with Crippen LogP contribution in [0.2, 0.25) is 0 Å². The van der Waals surface area contributed by atoms with Crippen LogP contribution in [0.25, 0.3) is 0 Å². The summed E-state index contributed by atoms with van der Waals surface area (Å²) in [5, 5.41) is 8.80. The van der Waals surface area contributed by atoms with Crippen molar-refractivity contribution in [3.8, 4) is 11.8 Å². The quantitative estimate of drug-likeness (QED) is 0.792. The lowest BCUT2D eigenvalue weighted by molar-refractivity contribution is 0.181. The van der Waals surface area contributed by atoms with Crippen molar-refractivity contribution in [1.82, 2.24) is 4.90 Å². The third kappa shape index (κ3) is 4.22. The molecule has 0 amide bonds. The molecule has 4 nitrogen and oxygen atoms in total. The lowest BCUT2D eigenvalue weighted by atomic mass is 9.96. The third-order valence-electron chi connectivity index (χ3n) is 3.64. The number of rotatable bonds is 8. The Morgan fingerprint density at radius 2 is 1.95 bits per heavy atom. The third-order valence-corrected chi connectivity index (χ3v) is 3.64. The van der Waals surface area contributed by atoms with Gasteiger partial charge in [-0.15, -0.1) is 0 Å². The van der Waals surface area contributed by atoms with E-state index in [9.17, 15) is 0 Å². The van der Waals surface area contributed by atoms with E-state index >= 15 is 0 Å². The summed E-state index contributed by atoms with van der Waals surface area (Å²) in [6.07, 6.45) is 1.43. The Kier molecular flexibility index (Phi) is 7.06. The summed E-state index contributed by atoms with van der Waals surface area (Å²) in [4.78, 5) is 2.28. The van der Waals surface area contributed by atoms with Crippen LogP contribution >= 0.6 is 0 Å². The normalized spacial score (nSPS) is 13.8. The highest BCUT2D eigenvalue weighted by molar-refractivity contribution is 5.30. The number of likely N-dealkylation sites (N-methyl/N-ethyl adjacent to an activating group) is 1. The molecule has 0 saturated heterocycles. The molecule has 20 heavy (non-hydrogen) atoms. The lowest BCUT2D eigenvalue weighted by Crippen LogP contribution is -2.41. The maximum absolute atomic E-state index is 8.80. The van der Waals surface area contributed by atoms with Crippen molar-refractivity contribution in [2.24, 2.45) is 5.73 Å². The summed E-state index contributed by atoms with van der Waals surface area (Å²) in [5.74, 6) is 0.845. The average Bonchev–Trinajstić information content (AvgIpc) is 2.51. The number of ether oxygens (including phenoxy) is 1. The van der Waals surface area contributed by atoms with Crippen LogP contribution < -0.4 is 10.5 Å². The van der Waals surface area contributed by atoms with E-state index in [1.165, 1.54) is 5.56 Å². The van der Waals surface area contributed by atoms with Crippen molar-refractivity contribution in [2.45, 2.75) is 38.8 Å². The summed E-state index contributed by atoms with van der Waals surface area (Å²) in [5.41, 5.74) is 7.49. The van der Waals surface area contributed by atoms with Gasteiger partial charge in [0.1, 0.15) is 5.75 Å². The molecule has 4 heteroatoms. The van der Waals surface area contributed by atoms with Crippen molar-refractivity contribution in [3.63, 3.8) is 0 Å². The molecule has 0 saturated carbocycles. The monoisotopic (exact) mass is 275 g/mol. The number of hydrogen-bond donors (Lipinski definition) is 1. The molecule has 1 aromatic rings. The number of nitrogens with zero attached hydrogens (tertiary/aromatic N) is 2. The van der Waals surface area contributed by atoms with E-state index in [0.29, 0.717) is 6.42 Å². The standard InChI is InChI=1S/C16H25N3O/c1-4-15(18)16(19(5-2)12-6-11-17)13-7-9-14(20-3)10-8-13/h7-10,15-16H,4-6,12,18H2,1-3H3. The zero-order valence-electron chi connectivity index (χ0n) is 12.7. The molecule has 2 unspecified atom stereocenters. The molecule has 0 radical (unpaired) electrons. The molecule has 1 aromatic carbocycles. The van der Waals surface area contributed by atoms with Gasteiger partial charge in [0.2, 0.25) is 0 Å². The van der Waals surface area contributed by atoms with Gasteiger partial charge in [-0.25, -0.2) is 0 Å². The van der Waals surface area contributed by atoms with Gasteiger partial charge in [0.05, 0.1) is 13.2 Å². The maximum Gasteiger partial charge on any atom is 0.118 e. The lowest BCUT2D eigenvalue weighted by Gasteiger charge is -2.34. The Hall–Kier alpha value is -1.57. The van der Waals surface area contributed by atoms with Gasteiger partial charge >= 0.3 is 0 Å². The molecule has 0 heterocycles. The highest BCUT2D eigenvalue weighted by Gasteiger charge is 2.24. The van der Waals surface area contributed by atoms with Gasteiger partial charge in [-0.05, 0) is 30.7 Å². The largest absolute Gasteiger partial charge is 0.497 e. The first-order valence-corrected chi connectivity index (χ1v) is 7.18. The van der Waals surface area contributed by atoms with E-state index in [0.717, 1.165) is 25.3 Å². The first-order valence-electron chi connectivity index (χ1n) is 7.18. The highest BCUT2D eigenvalue weighted by Crippen LogP contribution is 2.26. The minimum absolute atomic E-state index is 0.0574. The average molecular weight is 275 g/mol. The molecule has 0 aliphatic heterocycles. The summed E-state index contributed by atoms with van der Waals surface area (Å²) >= 11 is 0. The Bertz CT molecular complexity index is 424.